The van der Waals surface area contributed by atoms with Crippen LogP contribution in [0.4, 0.5) is 4.39 Å². The van der Waals surface area contributed by atoms with E-state index in [1.165, 1.54) is 4.90 Å². The molecule has 1 aliphatic heterocycles. The molecule has 0 aromatic carbocycles. The number of carbonyl (C=O) groups excluding carboxylic acids is 1. The van der Waals surface area contributed by atoms with Gasteiger partial charge in [0, 0.05) is 25.4 Å². The minimum Gasteiger partial charge on any atom is -0.481 e. The van der Waals surface area contributed by atoms with E-state index in [0.717, 1.165) is 0 Å². The van der Waals surface area contributed by atoms with Crippen molar-refractivity contribution in [1.82, 2.24) is 4.90 Å². The first-order chi connectivity index (χ1) is 6.13. The van der Waals surface area contributed by atoms with Crippen LogP contribution in [0.1, 0.15) is 12.8 Å². The molecule has 0 aromatic heterocycles. The fourth-order valence-corrected chi connectivity index (χ4v) is 1.24. The van der Waals surface area contributed by atoms with Crippen molar-refractivity contribution in [2.45, 2.75) is 12.8 Å². The molecule has 1 heterocycles. The van der Waals surface area contributed by atoms with Gasteiger partial charge in [-0.15, -0.1) is 0 Å². The molecular formula is C8H12FNO3. The van der Waals surface area contributed by atoms with Crippen molar-refractivity contribution in [1.29, 1.82) is 0 Å². The average molecular weight is 189 g/mol. The second-order valence-electron chi connectivity index (χ2n) is 3.21. The zero-order chi connectivity index (χ0) is 9.84. The van der Waals surface area contributed by atoms with Gasteiger partial charge in [-0.3, -0.25) is 14.0 Å². The zero-order valence-electron chi connectivity index (χ0n) is 7.20. The van der Waals surface area contributed by atoms with Crippen molar-refractivity contribution in [2.75, 3.05) is 19.8 Å². The van der Waals surface area contributed by atoms with E-state index in [1.807, 2.05) is 0 Å². The maximum absolute atomic E-state index is 12.0. The smallest absolute Gasteiger partial charge is 0.303 e. The third-order valence-corrected chi connectivity index (χ3v) is 2.08. The lowest BCUT2D eigenvalue weighted by atomic mass is 10.0. The Kier molecular flexibility index (Phi) is 3.22. The number of alkyl halides is 1. The molecule has 0 unspecified atom stereocenters. The molecular weight excluding hydrogens is 177 g/mol. The monoisotopic (exact) mass is 189 g/mol. The predicted octanol–water partition coefficient (Wildman–Crippen LogP) is 0.279. The van der Waals surface area contributed by atoms with Gasteiger partial charge < -0.3 is 10.0 Å². The van der Waals surface area contributed by atoms with Gasteiger partial charge in [-0.25, -0.2) is 0 Å². The summed E-state index contributed by atoms with van der Waals surface area (Å²) in [4.78, 5) is 22.7. The first kappa shape index (κ1) is 9.95. The fraction of sp³-hybridized carbons (Fsp3) is 0.750. The van der Waals surface area contributed by atoms with E-state index in [1.54, 1.807) is 0 Å². The Hall–Kier alpha value is -1.13. The highest BCUT2D eigenvalue weighted by Crippen LogP contribution is 2.17. The van der Waals surface area contributed by atoms with E-state index >= 15 is 0 Å². The number of carboxylic acid groups (broad SMARTS) is 1. The summed E-state index contributed by atoms with van der Waals surface area (Å²) in [6, 6.07) is 0. The molecule has 1 fully saturated rings. The molecule has 0 radical (unpaired) electrons. The molecule has 0 spiro atoms. The van der Waals surface area contributed by atoms with Gasteiger partial charge in [0.05, 0.1) is 13.1 Å². The van der Waals surface area contributed by atoms with Crippen LogP contribution in [0, 0.1) is 5.92 Å². The van der Waals surface area contributed by atoms with E-state index in [0.29, 0.717) is 13.1 Å². The number of likely N-dealkylation sites (tertiary alicyclic amines) is 1. The molecule has 1 aliphatic rings. The molecule has 74 valence electrons. The number of hydrogen-bond donors (Lipinski definition) is 1. The van der Waals surface area contributed by atoms with Gasteiger partial charge in [-0.2, -0.15) is 0 Å². The van der Waals surface area contributed by atoms with E-state index in [4.69, 9.17) is 5.11 Å². The van der Waals surface area contributed by atoms with Crippen molar-refractivity contribution in [3.8, 4) is 0 Å². The van der Waals surface area contributed by atoms with Gasteiger partial charge in [-0.05, 0) is 0 Å². The molecule has 0 aromatic rings. The fourth-order valence-electron chi connectivity index (χ4n) is 1.24. The summed E-state index contributed by atoms with van der Waals surface area (Å²) in [5.41, 5.74) is 0. The maximum Gasteiger partial charge on any atom is 0.303 e. The topological polar surface area (TPSA) is 57.6 Å². The molecule has 4 nitrogen and oxygen atoms in total. The highest BCUT2D eigenvalue weighted by atomic mass is 19.1. The van der Waals surface area contributed by atoms with Gasteiger partial charge in [0.1, 0.15) is 0 Å². The molecule has 1 amide bonds. The summed E-state index contributed by atoms with van der Waals surface area (Å²) in [6.45, 7) is 0.479. The van der Waals surface area contributed by atoms with Crippen molar-refractivity contribution in [3.05, 3.63) is 0 Å². The number of aliphatic carboxylic acids is 1. The summed E-state index contributed by atoms with van der Waals surface area (Å²) >= 11 is 0. The molecule has 0 aliphatic carbocycles. The zero-order valence-corrected chi connectivity index (χ0v) is 7.20. The van der Waals surface area contributed by atoms with Crippen LogP contribution >= 0.6 is 0 Å². The summed E-state index contributed by atoms with van der Waals surface area (Å²) in [5.74, 6) is -1.20. The van der Waals surface area contributed by atoms with Crippen LogP contribution in [-0.2, 0) is 9.59 Å². The largest absolute Gasteiger partial charge is 0.481 e. The van der Waals surface area contributed by atoms with Crippen molar-refractivity contribution < 1.29 is 19.1 Å². The van der Waals surface area contributed by atoms with E-state index in [-0.39, 0.29) is 24.7 Å². The Morgan fingerprint density at radius 3 is 2.46 bits per heavy atom. The van der Waals surface area contributed by atoms with E-state index < -0.39 is 12.6 Å². The lowest BCUT2D eigenvalue weighted by Crippen LogP contribution is -2.50. The Balaban J connectivity index is 2.16. The minimum atomic E-state index is -0.976. The van der Waals surface area contributed by atoms with E-state index in [2.05, 4.69) is 0 Å². The Morgan fingerprint density at radius 1 is 1.38 bits per heavy atom. The predicted molar refractivity (Wildman–Crippen MR) is 42.9 cm³/mol. The SMILES string of the molecule is O=C(O)CCC(=O)N1CC(CF)C1. The van der Waals surface area contributed by atoms with Crippen LogP contribution in [0.5, 0.6) is 0 Å². The van der Waals surface area contributed by atoms with Gasteiger partial charge in [0.25, 0.3) is 0 Å². The molecule has 0 saturated carbocycles. The van der Waals surface area contributed by atoms with Gasteiger partial charge in [-0.1, -0.05) is 0 Å². The molecule has 1 saturated heterocycles. The number of nitrogens with zero attached hydrogens (tertiary/aromatic N) is 1. The highest BCUT2D eigenvalue weighted by molar-refractivity contribution is 5.81. The summed E-state index contributed by atoms with van der Waals surface area (Å²) in [6.07, 6.45) is -0.121. The Morgan fingerprint density at radius 2 is 2.00 bits per heavy atom. The average Bonchev–Trinajstić information content (AvgIpc) is 1.99. The van der Waals surface area contributed by atoms with E-state index in [9.17, 15) is 14.0 Å². The van der Waals surface area contributed by atoms with Crippen LogP contribution in [0.2, 0.25) is 0 Å². The van der Waals surface area contributed by atoms with Gasteiger partial charge >= 0.3 is 5.97 Å². The van der Waals surface area contributed by atoms with Crippen molar-refractivity contribution >= 4 is 11.9 Å². The summed E-state index contributed by atoms with van der Waals surface area (Å²) in [5, 5.41) is 8.30. The summed E-state index contributed by atoms with van der Waals surface area (Å²) in [7, 11) is 0. The second kappa shape index (κ2) is 4.20. The number of amides is 1. The lowest BCUT2D eigenvalue weighted by molar-refractivity contribution is -0.143. The van der Waals surface area contributed by atoms with Gasteiger partial charge in [0.15, 0.2) is 0 Å². The number of halogens is 1. The lowest BCUT2D eigenvalue weighted by Gasteiger charge is -2.37. The van der Waals surface area contributed by atoms with Crippen molar-refractivity contribution in [2.24, 2.45) is 5.92 Å². The molecule has 5 heteroatoms. The number of carboxylic acids is 1. The maximum atomic E-state index is 12.0. The van der Waals surface area contributed by atoms with Crippen LogP contribution in [0.3, 0.4) is 0 Å². The Bertz CT molecular complexity index is 213. The number of hydrogen-bond acceptors (Lipinski definition) is 2. The standard InChI is InChI=1S/C8H12FNO3/c9-3-6-4-10(5-6)7(11)1-2-8(12)13/h6H,1-5H2,(H,12,13). The minimum absolute atomic E-state index is 0.0222. The third kappa shape index (κ3) is 2.68. The molecule has 0 atom stereocenters. The van der Waals surface area contributed by atoms with Crippen LogP contribution in [0.25, 0.3) is 0 Å². The summed E-state index contributed by atoms with van der Waals surface area (Å²) < 4.78 is 12.0. The normalized spacial score (nSPS) is 16.8. The third-order valence-electron chi connectivity index (χ3n) is 2.08. The Labute approximate surface area is 75.3 Å². The molecule has 13 heavy (non-hydrogen) atoms. The quantitative estimate of drug-likeness (QED) is 0.691. The first-order valence-corrected chi connectivity index (χ1v) is 4.19. The number of rotatable bonds is 4. The molecule has 1 N–H and O–H groups in total. The van der Waals surface area contributed by atoms with Crippen LogP contribution in [-0.4, -0.2) is 41.6 Å². The highest BCUT2D eigenvalue weighted by Gasteiger charge is 2.30. The first-order valence-electron chi connectivity index (χ1n) is 4.19. The van der Waals surface area contributed by atoms with Crippen molar-refractivity contribution in [3.63, 3.8) is 0 Å². The number of carbonyl (C=O) groups is 2. The molecule has 0 bridgehead atoms. The van der Waals surface area contributed by atoms with Crippen LogP contribution in [0.15, 0.2) is 0 Å². The molecule has 1 rings (SSSR count). The van der Waals surface area contributed by atoms with Gasteiger partial charge in [0.2, 0.25) is 5.91 Å². The van der Waals surface area contributed by atoms with Crippen LogP contribution < -0.4 is 0 Å². The second-order valence-corrected chi connectivity index (χ2v) is 3.21.